The minimum absolute atomic E-state index is 0.0281. The van der Waals surface area contributed by atoms with Crippen molar-refractivity contribution in [3.8, 4) is 0 Å². The molecule has 4 nitrogen and oxygen atoms in total. The monoisotopic (exact) mass is 320 g/mol. The van der Waals surface area contributed by atoms with E-state index in [1.165, 1.54) is 6.26 Å². The van der Waals surface area contributed by atoms with Crippen molar-refractivity contribution in [2.24, 2.45) is 0 Å². The highest BCUT2D eigenvalue weighted by molar-refractivity contribution is 7.90. The average molecular weight is 321 g/mol. The number of fused-ring (bicyclic) bond motifs is 1. The van der Waals surface area contributed by atoms with Gasteiger partial charge < -0.3 is 4.57 Å². The third-order valence-corrected chi connectivity index (χ3v) is 4.21. The van der Waals surface area contributed by atoms with Crippen LogP contribution in [0.15, 0.2) is 18.2 Å². The third-order valence-electron chi connectivity index (χ3n) is 2.79. The number of aromatic nitrogens is 2. The number of aryl methyl sites for hydroxylation is 1. The average Bonchev–Trinajstić information content (AvgIpc) is 2.65. The number of nitrogens with zero attached hydrogens (tertiary/aromatic N) is 2. The topological polar surface area (TPSA) is 52.0 Å². The zero-order valence-electron chi connectivity index (χ0n) is 10.6. The number of alkyl halides is 1. The number of halogens is 2. The fourth-order valence-electron chi connectivity index (χ4n) is 1.95. The molecule has 1 aromatic carbocycles. The Morgan fingerprint density at radius 2 is 2.11 bits per heavy atom. The minimum atomic E-state index is -3.06. The molecule has 1 aromatic heterocycles. The molecule has 0 saturated heterocycles. The molecule has 1 atom stereocenters. The lowest BCUT2D eigenvalue weighted by atomic mass is 10.3. The Bertz CT molecular complexity index is 708. The van der Waals surface area contributed by atoms with Gasteiger partial charge in [-0.1, -0.05) is 17.7 Å². The normalized spacial score (nSPS) is 13.9. The molecule has 2 aromatic rings. The van der Waals surface area contributed by atoms with Gasteiger partial charge in [-0.15, -0.1) is 11.6 Å². The van der Waals surface area contributed by atoms with Gasteiger partial charge in [0.2, 0.25) is 0 Å². The maximum Gasteiger partial charge on any atom is 0.149 e. The lowest BCUT2D eigenvalue weighted by Crippen LogP contribution is -2.13. The van der Waals surface area contributed by atoms with Gasteiger partial charge in [-0.25, -0.2) is 13.4 Å². The van der Waals surface area contributed by atoms with Crippen LogP contribution in [0.25, 0.3) is 11.0 Å². The van der Waals surface area contributed by atoms with Crippen molar-refractivity contribution in [2.45, 2.75) is 18.8 Å². The van der Waals surface area contributed by atoms with Crippen LogP contribution in [-0.4, -0.2) is 30.0 Å². The number of para-hydroxylation sites is 1. The van der Waals surface area contributed by atoms with Crippen molar-refractivity contribution in [2.75, 3.05) is 12.0 Å². The predicted molar refractivity (Wildman–Crippen MR) is 78.7 cm³/mol. The first-order chi connectivity index (χ1) is 8.79. The van der Waals surface area contributed by atoms with E-state index in [2.05, 4.69) is 4.98 Å². The molecule has 1 unspecified atom stereocenters. The van der Waals surface area contributed by atoms with Gasteiger partial charge in [0.1, 0.15) is 15.7 Å². The van der Waals surface area contributed by atoms with Crippen LogP contribution in [0.1, 0.15) is 18.1 Å². The highest BCUT2D eigenvalue weighted by Crippen LogP contribution is 2.29. The largest absolute Gasteiger partial charge is 0.324 e. The molecule has 0 saturated carbocycles. The van der Waals surface area contributed by atoms with Crippen LogP contribution in [-0.2, 0) is 16.4 Å². The second-order valence-electron chi connectivity index (χ2n) is 4.48. The molecule has 19 heavy (non-hydrogen) atoms. The van der Waals surface area contributed by atoms with Crippen LogP contribution in [0.3, 0.4) is 0 Å². The molecule has 0 bridgehead atoms. The summed E-state index contributed by atoms with van der Waals surface area (Å²) in [4.78, 5) is 4.43. The first-order valence-corrected chi connectivity index (χ1v) is 8.63. The van der Waals surface area contributed by atoms with E-state index < -0.39 is 9.84 Å². The van der Waals surface area contributed by atoms with Crippen LogP contribution in [0.5, 0.6) is 0 Å². The van der Waals surface area contributed by atoms with E-state index in [0.29, 0.717) is 17.4 Å². The summed E-state index contributed by atoms with van der Waals surface area (Å²) in [5, 5.41) is 0.227. The van der Waals surface area contributed by atoms with Gasteiger partial charge in [-0.05, 0) is 19.1 Å². The van der Waals surface area contributed by atoms with Gasteiger partial charge in [-0.2, -0.15) is 0 Å². The summed E-state index contributed by atoms with van der Waals surface area (Å²) < 4.78 is 24.4. The van der Waals surface area contributed by atoms with Gasteiger partial charge in [0, 0.05) is 12.8 Å². The van der Waals surface area contributed by atoms with Gasteiger partial charge in [-0.3, -0.25) is 0 Å². The van der Waals surface area contributed by atoms with E-state index in [4.69, 9.17) is 23.2 Å². The van der Waals surface area contributed by atoms with Gasteiger partial charge >= 0.3 is 0 Å². The molecule has 0 N–H and O–H groups in total. The summed E-state index contributed by atoms with van der Waals surface area (Å²) in [6, 6.07) is 5.40. The number of hydrogen-bond acceptors (Lipinski definition) is 3. The van der Waals surface area contributed by atoms with Crippen LogP contribution >= 0.6 is 23.2 Å². The Balaban J connectivity index is 2.58. The zero-order chi connectivity index (χ0) is 14.2. The molecule has 7 heteroatoms. The highest BCUT2D eigenvalue weighted by atomic mass is 35.5. The van der Waals surface area contributed by atoms with Crippen molar-refractivity contribution in [1.82, 2.24) is 9.55 Å². The Hall–Kier alpha value is -0.780. The van der Waals surface area contributed by atoms with Gasteiger partial charge in [0.25, 0.3) is 0 Å². The first-order valence-electron chi connectivity index (χ1n) is 5.76. The van der Waals surface area contributed by atoms with Gasteiger partial charge in [0.15, 0.2) is 0 Å². The summed E-state index contributed by atoms with van der Waals surface area (Å²) in [6.07, 6.45) is 1.21. The van der Waals surface area contributed by atoms with Crippen molar-refractivity contribution in [3.05, 3.63) is 29.0 Å². The summed E-state index contributed by atoms with van der Waals surface area (Å²) >= 11 is 12.3. The number of benzene rings is 1. The fourth-order valence-corrected chi connectivity index (χ4v) is 2.90. The maximum atomic E-state index is 11.3. The van der Waals surface area contributed by atoms with Crippen molar-refractivity contribution < 1.29 is 8.42 Å². The molecule has 1 heterocycles. The summed E-state index contributed by atoms with van der Waals surface area (Å²) in [7, 11) is -3.06. The van der Waals surface area contributed by atoms with E-state index in [0.717, 1.165) is 11.0 Å². The van der Waals surface area contributed by atoms with E-state index in [1.54, 1.807) is 23.6 Å². The molecule has 0 amide bonds. The second-order valence-corrected chi connectivity index (χ2v) is 7.80. The standard InChI is InChI=1S/C12H14Cl2N2O2S/c1-8(13)12-15-10-5-3-4-9(14)11(10)16(12)6-7-19(2,17)18/h3-5,8H,6-7H2,1-2H3. The fraction of sp³-hybridized carbons (Fsp3) is 0.417. The SMILES string of the molecule is CC(Cl)c1nc2cccc(Cl)c2n1CCS(C)(=O)=O. The van der Waals surface area contributed by atoms with E-state index in [9.17, 15) is 8.42 Å². The molecule has 0 fully saturated rings. The molecular formula is C12H14Cl2N2O2S. The molecular weight excluding hydrogens is 307 g/mol. The number of rotatable bonds is 4. The Morgan fingerprint density at radius 1 is 1.42 bits per heavy atom. The van der Waals surface area contributed by atoms with Crippen LogP contribution < -0.4 is 0 Å². The quantitative estimate of drug-likeness (QED) is 0.813. The van der Waals surface area contributed by atoms with E-state index >= 15 is 0 Å². The summed E-state index contributed by atoms with van der Waals surface area (Å²) in [5.74, 6) is 0.661. The molecule has 0 aliphatic heterocycles. The molecule has 0 aliphatic carbocycles. The van der Waals surface area contributed by atoms with E-state index in [1.807, 2.05) is 6.07 Å². The highest BCUT2D eigenvalue weighted by Gasteiger charge is 2.17. The Morgan fingerprint density at radius 3 is 2.68 bits per heavy atom. The van der Waals surface area contributed by atoms with Crippen molar-refractivity contribution in [1.29, 1.82) is 0 Å². The summed E-state index contributed by atoms with van der Waals surface area (Å²) in [6.45, 7) is 2.10. The molecule has 0 radical (unpaired) electrons. The number of sulfone groups is 1. The Kier molecular flexibility index (Phi) is 4.08. The second kappa shape index (κ2) is 5.31. The number of imidazole rings is 1. The minimum Gasteiger partial charge on any atom is -0.324 e. The number of hydrogen-bond donors (Lipinski definition) is 0. The molecule has 0 aliphatic rings. The lowest BCUT2D eigenvalue weighted by molar-refractivity contribution is 0.593. The van der Waals surface area contributed by atoms with Crippen molar-refractivity contribution >= 4 is 44.1 Å². The Labute approximate surface area is 122 Å². The van der Waals surface area contributed by atoms with Crippen LogP contribution in [0.2, 0.25) is 5.02 Å². The predicted octanol–water partition coefficient (Wildman–Crippen LogP) is 3.03. The molecule has 104 valence electrons. The van der Waals surface area contributed by atoms with Crippen LogP contribution in [0.4, 0.5) is 0 Å². The van der Waals surface area contributed by atoms with Gasteiger partial charge in [0.05, 0.1) is 27.2 Å². The summed E-state index contributed by atoms with van der Waals surface area (Å²) in [5.41, 5.74) is 1.46. The molecule has 0 spiro atoms. The smallest absolute Gasteiger partial charge is 0.149 e. The van der Waals surface area contributed by atoms with Crippen molar-refractivity contribution in [3.63, 3.8) is 0 Å². The lowest BCUT2D eigenvalue weighted by Gasteiger charge is -2.10. The third kappa shape index (κ3) is 3.22. The zero-order valence-corrected chi connectivity index (χ0v) is 12.9. The van der Waals surface area contributed by atoms with E-state index in [-0.39, 0.29) is 11.1 Å². The van der Waals surface area contributed by atoms with Crippen LogP contribution in [0, 0.1) is 0 Å². The first kappa shape index (κ1) is 14.6. The molecule has 2 rings (SSSR count). The maximum absolute atomic E-state index is 11.3.